The molecular formula is C16H13N3O4S. The SMILES string of the molecule is Cn1cccc1/C=C1\SC(=Nc2ccc(O)c(C(=O)O)c2)NC1=O. The fourth-order valence-electron chi connectivity index (χ4n) is 2.12. The van der Waals surface area contributed by atoms with Gasteiger partial charge >= 0.3 is 5.97 Å². The zero-order chi connectivity index (χ0) is 17.3. The monoisotopic (exact) mass is 343 g/mol. The first kappa shape index (κ1) is 15.9. The van der Waals surface area contributed by atoms with E-state index in [0.717, 1.165) is 5.69 Å². The fraction of sp³-hybridized carbons (Fsp3) is 0.0625. The average molecular weight is 343 g/mol. The van der Waals surface area contributed by atoms with Gasteiger partial charge in [0, 0.05) is 18.9 Å². The molecule has 0 bridgehead atoms. The first-order valence-electron chi connectivity index (χ1n) is 6.91. The van der Waals surface area contributed by atoms with Crippen LogP contribution in [-0.4, -0.2) is 31.8 Å². The Labute approximate surface area is 141 Å². The Kier molecular flexibility index (Phi) is 4.13. The highest BCUT2D eigenvalue weighted by Gasteiger charge is 2.24. The normalized spacial score (nSPS) is 17.5. The van der Waals surface area contributed by atoms with E-state index in [2.05, 4.69) is 10.3 Å². The number of nitrogens with one attached hydrogen (secondary N) is 1. The number of benzene rings is 1. The molecule has 1 aromatic heterocycles. The van der Waals surface area contributed by atoms with E-state index in [4.69, 9.17) is 5.11 Å². The number of hydrogen-bond acceptors (Lipinski definition) is 5. The summed E-state index contributed by atoms with van der Waals surface area (Å²) in [5.74, 6) is -1.85. The number of nitrogens with zero attached hydrogens (tertiary/aromatic N) is 2. The molecule has 1 aliphatic rings. The lowest BCUT2D eigenvalue weighted by Gasteiger charge is -2.01. The van der Waals surface area contributed by atoms with Crippen LogP contribution in [0.5, 0.6) is 5.75 Å². The number of carbonyl (C=O) groups is 2. The minimum absolute atomic E-state index is 0.245. The first-order chi connectivity index (χ1) is 11.4. The fourth-order valence-corrected chi connectivity index (χ4v) is 2.95. The van der Waals surface area contributed by atoms with Crippen LogP contribution >= 0.6 is 11.8 Å². The molecule has 0 radical (unpaired) electrons. The number of aliphatic imine (C=N–C) groups is 1. The van der Waals surface area contributed by atoms with Gasteiger partial charge in [0.05, 0.1) is 10.6 Å². The second-order valence-electron chi connectivity index (χ2n) is 5.03. The van der Waals surface area contributed by atoms with E-state index < -0.39 is 5.97 Å². The topological polar surface area (TPSA) is 104 Å². The lowest BCUT2D eigenvalue weighted by atomic mass is 10.2. The van der Waals surface area contributed by atoms with Crippen molar-refractivity contribution >= 4 is 40.6 Å². The minimum Gasteiger partial charge on any atom is -0.507 e. The number of aromatic nitrogens is 1. The zero-order valence-electron chi connectivity index (χ0n) is 12.6. The molecule has 1 saturated heterocycles. The number of carbonyl (C=O) groups excluding carboxylic acids is 1. The number of rotatable bonds is 3. The Morgan fingerprint density at radius 1 is 1.38 bits per heavy atom. The molecule has 0 saturated carbocycles. The maximum absolute atomic E-state index is 12.0. The van der Waals surface area contributed by atoms with E-state index in [1.165, 1.54) is 30.0 Å². The van der Waals surface area contributed by atoms with Crippen LogP contribution in [0.4, 0.5) is 5.69 Å². The summed E-state index contributed by atoms with van der Waals surface area (Å²) in [6.45, 7) is 0. The Bertz CT molecular complexity index is 898. The molecule has 3 rings (SSSR count). The van der Waals surface area contributed by atoms with Crippen molar-refractivity contribution in [2.24, 2.45) is 12.0 Å². The van der Waals surface area contributed by atoms with Crippen LogP contribution in [0, 0.1) is 0 Å². The van der Waals surface area contributed by atoms with E-state index in [1.807, 2.05) is 29.9 Å². The molecular weight excluding hydrogens is 330 g/mol. The minimum atomic E-state index is -1.25. The number of thioether (sulfide) groups is 1. The molecule has 1 amide bonds. The molecule has 2 heterocycles. The first-order valence-corrected chi connectivity index (χ1v) is 7.73. The van der Waals surface area contributed by atoms with Gasteiger partial charge in [0.15, 0.2) is 5.17 Å². The van der Waals surface area contributed by atoms with Crippen LogP contribution in [0.25, 0.3) is 6.08 Å². The highest BCUT2D eigenvalue weighted by Crippen LogP contribution is 2.29. The lowest BCUT2D eigenvalue weighted by molar-refractivity contribution is -0.115. The van der Waals surface area contributed by atoms with Crippen LogP contribution < -0.4 is 5.32 Å². The molecule has 7 nitrogen and oxygen atoms in total. The summed E-state index contributed by atoms with van der Waals surface area (Å²) in [5, 5.41) is 21.5. The van der Waals surface area contributed by atoms with Crippen LogP contribution in [-0.2, 0) is 11.8 Å². The summed E-state index contributed by atoms with van der Waals surface area (Å²) >= 11 is 1.17. The predicted molar refractivity (Wildman–Crippen MR) is 91.3 cm³/mol. The molecule has 0 aliphatic carbocycles. The van der Waals surface area contributed by atoms with Crippen molar-refractivity contribution in [3.05, 3.63) is 52.7 Å². The van der Waals surface area contributed by atoms with Crippen molar-refractivity contribution in [1.82, 2.24) is 9.88 Å². The predicted octanol–water partition coefficient (Wildman–Crippen LogP) is 2.32. The molecule has 0 spiro atoms. The van der Waals surface area contributed by atoms with E-state index in [0.29, 0.717) is 15.8 Å². The Hall–Kier alpha value is -3.00. The summed E-state index contributed by atoms with van der Waals surface area (Å²) in [5.41, 5.74) is 0.963. The molecule has 24 heavy (non-hydrogen) atoms. The van der Waals surface area contributed by atoms with Gasteiger partial charge in [-0.1, -0.05) is 0 Å². The summed E-state index contributed by atoms with van der Waals surface area (Å²) in [6, 6.07) is 7.74. The van der Waals surface area contributed by atoms with Crippen molar-refractivity contribution in [3.63, 3.8) is 0 Å². The summed E-state index contributed by atoms with van der Waals surface area (Å²) in [4.78, 5) is 27.8. The Morgan fingerprint density at radius 2 is 2.17 bits per heavy atom. The third-order valence-corrected chi connectivity index (χ3v) is 4.26. The van der Waals surface area contributed by atoms with Crippen molar-refractivity contribution < 1.29 is 19.8 Å². The number of aromatic hydroxyl groups is 1. The van der Waals surface area contributed by atoms with Crippen molar-refractivity contribution in [2.75, 3.05) is 0 Å². The van der Waals surface area contributed by atoms with Gasteiger partial charge in [-0.05, 0) is 48.2 Å². The largest absolute Gasteiger partial charge is 0.507 e. The quantitative estimate of drug-likeness (QED) is 0.742. The van der Waals surface area contributed by atoms with Crippen LogP contribution in [0.2, 0.25) is 0 Å². The van der Waals surface area contributed by atoms with Gasteiger partial charge in [-0.25, -0.2) is 9.79 Å². The summed E-state index contributed by atoms with van der Waals surface area (Å²) in [6.07, 6.45) is 3.63. The van der Waals surface area contributed by atoms with E-state index >= 15 is 0 Å². The molecule has 8 heteroatoms. The highest BCUT2D eigenvalue weighted by atomic mass is 32.2. The molecule has 3 N–H and O–H groups in total. The molecule has 0 unspecified atom stereocenters. The Balaban J connectivity index is 1.87. The zero-order valence-corrected chi connectivity index (χ0v) is 13.4. The number of carboxylic acids is 1. The maximum Gasteiger partial charge on any atom is 0.339 e. The van der Waals surface area contributed by atoms with Crippen LogP contribution in [0.1, 0.15) is 16.1 Å². The average Bonchev–Trinajstić information content (AvgIpc) is 3.08. The van der Waals surface area contributed by atoms with Gasteiger partial charge < -0.3 is 20.1 Å². The van der Waals surface area contributed by atoms with Gasteiger partial charge in [0.1, 0.15) is 11.3 Å². The van der Waals surface area contributed by atoms with Crippen LogP contribution in [0.3, 0.4) is 0 Å². The Morgan fingerprint density at radius 3 is 2.83 bits per heavy atom. The number of amides is 1. The third-order valence-electron chi connectivity index (χ3n) is 3.35. The number of phenols is 1. The van der Waals surface area contributed by atoms with Gasteiger partial charge in [-0.2, -0.15) is 0 Å². The van der Waals surface area contributed by atoms with Gasteiger partial charge in [-0.15, -0.1) is 0 Å². The second kappa shape index (κ2) is 6.25. The smallest absolute Gasteiger partial charge is 0.339 e. The van der Waals surface area contributed by atoms with Crippen molar-refractivity contribution in [3.8, 4) is 5.75 Å². The molecule has 122 valence electrons. The van der Waals surface area contributed by atoms with E-state index in [-0.39, 0.29) is 17.2 Å². The van der Waals surface area contributed by atoms with Gasteiger partial charge in [0.25, 0.3) is 5.91 Å². The van der Waals surface area contributed by atoms with E-state index in [1.54, 1.807) is 6.08 Å². The summed E-state index contributed by atoms with van der Waals surface area (Å²) in [7, 11) is 1.88. The van der Waals surface area contributed by atoms with Crippen LogP contribution in [0.15, 0.2) is 46.4 Å². The van der Waals surface area contributed by atoms with Gasteiger partial charge in [-0.3, -0.25) is 4.79 Å². The van der Waals surface area contributed by atoms with Gasteiger partial charge in [0.2, 0.25) is 0 Å². The maximum atomic E-state index is 12.0. The number of amidine groups is 1. The lowest BCUT2D eigenvalue weighted by Crippen LogP contribution is -2.19. The molecule has 0 atom stereocenters. The molecule has 1 aromatic carbocycles. The molecule has 2 aromatic rings. The molecule has 1 aliphatic heterocycles. The number of aryl methyl sites for hydroxylation is 1. The molecule has 1 fully saturated rings. The second-order valence-corrected chi connectivity index (χ2v) is 6.06. The number of carboxylic acid groups (broad SMARTS) is 1. The van der Waals surface area contributed by atoms with Crippen molar-refractivity contribution in [1.29, 1.82) is 0 Å². The third kappa shape index (κ3) is 3.18. The summed E-state index contributed by atoms with van der Waals surface area (Å²) < 4.78 is 1.88. The number of aromatic carboxylic acids is 1. The number of hydrogen-bond donors (Lipinski definition) is 3. The van der Waals surface area contributed by atoms with E-state index in [9.17, 15) is 14.7 Å². The van der Waals surface area contributed by atoms with Crippen molar-refractivity contribution in [2.45, 2.75) is 0 Å². The highest BCUT2D eigenvalue weighted by molar-refractivity contribution is 8.18. The standard InChI is InChI=1S/C16H13N3O4S/c1-19-6-2-3-10(19)8-13-14(21)18-16(24-13)17-9-4-5-12(20)11(7-9)15(22)23/h2-8,20H,1H3,(H,22,23)(H,17,18,21)/b13-8-.